The van der Waals surface area contributed by atoms with E-state index in [4.69, 9.17) is 15.3 Å². The third-order valence-corrected chi connectivity index (χ3v) is 3.13. The fraction of sp³-hybridized carbons (Fsp3) is 0.429. The number of allylic oxidation sites excluding steroid dienone is 1. The molecule has 0 aliphatic carbocycles. The summed E-state index contributed by atoms with van der Waals surface area (Å²) in [6, 6.07) is 9.87. The Morgan fingerprint density at radius 1 is 1.33 bits per heavy atom. The zero-order valence-corrected chi connectivity index (χ0v) is 10.6. The van der Waals surface area contributed by atoms with Crippen molar-refractivity contribution in [2.24, 2.45) is 5.84 Å². The Bertz CT molecular complexity index is 392. The van der Waals surface area contributed by atoms with Crippen LogP contribution in [-0.4, -0.2) is 19.8 Å². The molecule has 1 aliphatic heterocycles. The van der Waals surface area contributed by atoms with Gasteiger partial charge in [0.15, 0.2) is 0 Å². The average Bonchev–Trinajstić information content (AvgIpc) is 2.46. The Labute approximate surface area is 108 Å². The van der Waals surface area contributed by atoms with Crippen LogP contribution in [-0.2, 0) is 9.47 Å². The molecule has 0 bridgehead atoms. The van der Waals surface area contributed by atoms with E-state index < -0.39 is 0 Å². The molecule has 0 saturated heterocycles. The van der Waals surface area contributed by atoms with Crippen LogP contribution >= 0.6 is 0 Å². The van der Waals surface area contributed by atoms with Crippen molar-refractivity contribution in [3.05, 3.63) is 47.7 Å². The quantitative estimate of drug-likeness (QED) is 0.617. The largest absolute Gasteiger partial charge is 0.496 e. The molecule has 3 N–H and O–H groups in total. The van der Waals surface area contributed by atoms with Crippen LogP contribution < -0.4 is 11.3 Å². The minimum atomic E-state index is -0.155. The molecule has 1 aliphatic rings. The first-order valence-electron chi connectivity index (χ1n) is 6.23. The van der Waals surface area contributed by atoms with Crippen LogP contribution in [0.1, 0.15) is 24.5 Å². The maximum atomic E-state index is 5.67. The van der Waals surface area contributed by atoms with Gasteiger partial charge in [-0.3, -0.25) is 5.84 Å². The molecule has 0 radical (unpaired) electrons. The summed E-state index contributed by atoms with van der Waals surface area (Å²) in [6.45, 7) is 0.745. The van der Waals surface area contributed by atoms with E-state index >= 15 is 0 Å². The maximum Gasteiger partial charge on any atom is 0.113 e. The van der Waals surface area contributed by atoms with E-state index in [9.17, 15) is 0 Å². The minimum Gasteiger partial charge on any atom is -0.496 e. The molecule has 1 heterocycles. The number of benzene rings is 1. The monoisotopic (exact) mass is 248 g/mol. The number of hydrogen-bond donors (Lipinski definition) is 2. The van der Waals surface area contributed by atoms with Crippen LogP contribution in [0.25, 0.3) is 0 Å². The lowest BCUT2D eigenvalue weighted by molar-refractivity contribution is 0.0492. The lowest BCUT2D eigenvalue weighted by Gasteiger charge is -2.29. The molecule has 1 aromatic carbocycles. The van der Waals surface area contributed by atoms with Gasteiger partial charge in [0.25, 0.3) is 0 Å². The standard InChI is InChI=1S/C14H20N2O2/c1-17-14(11-7-3-2-4-8-11)13(16-15)12-9-5-6-10-18-12/h2-4,7-9,13-14,16H,5-6,10,15H2,1H3. The number of rotatable bonds is 5. The van der Waals surface area contributed by atoms with Crippen molar-refractivity contribution < 1.29 is 9.47 Å². The molecular formula is C14H20N2O2. The molecule has 0 fully saturated rings. The normalized spacial score (nSPS) is 18.7. The van der Waals surface area contributed by atoms with E-state index in [-0.39, 0.29) is 12.1 Å². The fourth-order valence-corrected chi connectivity index (χ4v) is 2.22. The highest BCUT2D eigenvalue weighted by molar-refractivity contribution is 5.23. The van der Waals surface area contributed by atoms with Crippen LogP contribution in [0.3, 0.4) is 0 Å². The first-order chi connectivity index (χ1) is 8.86. The highest BCUT2D eigenvalue weighted by atomic mass is 16.5. The molecule has 1 aromatic rings. The molecule has 18 heavy (non-hydrogen) atoms. The lowest BCUT2D eigenvalue weighted by Crippen LogP contribution is -2.43. The summed E-state index contributed by atoms with van der Waals surface area (Å²) in [7, 11) is 1.69. The molecule has 4 nitrogen and oxygen atoms in total. The van der Waals surface area contributed by atoms with E-state index in [0.29, 0.717) is 0 Å². The second-order valence-corrected chi connectivity index (χ2v) is 4.31. The van der Waals surface area contributed by atoms with Gasteiger partial charge in [-0.25, -0.2) is 5.43 Å². The molecule has 98 valence electrons. The molecule has 0 amide bonds. The van der Waals surface area contributed by atoms with Gasteiger partial charge in [0, 0.05) is 7.11 Å². The second-order valence-electron chi connectivity index (χ2n) is 4.31. The van der Waals surface area contributed by atoms with Gasteiger partial charge in [-0.1, -0.05) is 30.3 Å². The number of methoxy groups -OCH3 is 1. The Morgan fingerprint density at radius 3 is 2.67 bits per heavy atom. The predicted molar refractivity (Wildman–Crippen MR) is 70.6 cm³/mol. The number of nitrogens with one attached hydrogen (secondary N) is 1. The lowest BCUT2D eigenvalue weighted by atomic mass is 9.99. The molecule has 2 unspecified atom stereocenters. The SMILES string of the molecule is COC(c1ccccc1)C(NN)C1=CCCCO1. The van der Waals surface area contributed by atoms with Crippen LogP contribution in [0.4, 0.5) is 0 Å². The van der Waals surface area contributed by atoms with Crippen LogP contribution in [0.5, 0.6) is 0 Å². The molecule has 0 saturated carbocycles. The third-order valence-electron chi connectivity index (χ3n) is 3.13. The van der Waals surface area contributed by atoms with Crippen LogP contribution in [0.15, 0.2) is 42.2 Å². The smallest absolute Gasteiger partial charge is 0.113 e. The van der Waals surface area contributed by atoms with E-state index in [1.165, 1.54) is 0 Å². The Morgan fingerprint density at radius 2 is 2.11 bits per heavy atom. The highest BCUT2D eigenvalue weighted by Gasteiger charge is 2.27. The number of nitrogens with two attached hydrogens (primary N) is 1. The van der Waals surface area contributed by atoms with Gasteiger partial charge in [0.2, 0.25) is 0 Å². The van der Waals surface area contributed by atoms with Gasteiger partial charge in [-0.15, -0.1) is 0 Å². The summed E-state index contributed by atoms with van der Waals surface area (Å²) in [5, 5.41) is 0. The molecule has 2 rings (SSSR count). The topological polar surface area (TPSA) is 56.5 Å². The van der Waals surface area contributed by atoms with E-state index in [1.54, 1.807) is 7.11 Å². The van der Waals surface area contributed by atoms with Crippen molar-refractivity contribution >= 4 is 0 Å². The van der Waals surface area contributed by atoms with Gasteiger partial charge in [-0.2, -0.15) is 0 Å². The molecule has 0 aromatic heterocycles. The van der Waals surface area contributed by atoms with Gasteiger partial charge < -0.3 is 9.47 Å². The van der Waals surface area contributed by atoms with Crippen molar-refractivity contribution in [3.63, 3.8) is 0 Å². The summed E-state index contributed by atoms with van der Waals surface area (Å²) in [4.78, 5) is 0. The van der Waals surface area contributed by atoms with E-state index in [0.717, 1.165) is 30.8 Å². The zero-order valence-electron chi connectivity index (χ0n) is 10.6. The number of hydrazine groups is 1. The molecule has 2 atom stereocenters. The Hall–Kier alpha value is -1.36. The van der Waals surface area contributed by atoms with E-state index in [2.05, 4.69) is 11.5 Å². The average molecular weight is 248 g/mol. The summed E-state index contributed by atoms with van der Waals surface area (Å²) in [5.74, 6) is 6.54. The number of ether oxygens (including phenoxy) is 2. The summed E-state index contributed by atoms with van der Waals surface area (Å²) < 4.78 is 11.3. The van der Waals surface area contributed by atoms with E-state index in [1.807, 2.05) is 30.3 Å². The van der Waals surface area contributed by atoms with Gasteiger partial charge >= 0.3 is 0 Å². The highest BCUT2D eigenvalue weighted by Crippen LogP contribution is 2.27. The molecule has 0 spiro atoms. The van der Waals surface area contributed by atoms with Crippen LogP contribution in [0.2, 0.25) is 0 Å². The third kappa shape index (κ3) is 2.90. The van der Waals surface area contributed by atoms with Crippen molar-refractivity contribution in [2.45, 2.75) is 25.0 Å². The van der Waals surface area contributed by atoms with Gasteiger partial charge in [0.05, 0.1) is 6.61 Å². The summed E-state index contributed by atoms with van der Waals surface area (Å²) in [5.41, 5.74) is 3.88. The molecular weight excluding hydrogens is 228 g/mol. The van der Waals surface area contributed by atoms with Crippen molar-refractivity contribution in [3.8, 4) is 0 Å². The first-order valence-corrected chi connectivity index (χ1v) is 6.23. The first kappa shape index (κ1) is 13.1. The zero-order chi connectivity index (χ0) is 12.8. The maximum absolute atomic E-state index is 5.67. The van der Waals surface area contributed by atoms with Gasteiger partial charge in [0.1, 0.15) is 17.9 Å². The Balaban J connectivity index is 2.21. The van der Waals surface area contributed by atoms with Crippen molar-refractivity contribution in [1.82, 2.24) is 5.43 Å². The van der Waals surface area contributed by atoms with Crippen molar-refractivity contribution in [1.29, 1.82) is 0 Å². The number of hydrogen-bond acceptors (Lipinski definition) is 4. The predicted octanol–water partition coefficient (Wildman–Crippen LogP) is 1.90. The second kappa shape index (κ2) is 6.54. The molecule has 4 heteroatoms. The van der Waals surface area contributed by atoms with Crippen LogP contribution in [0, 0.1) is 0 Å². The summed E-state index contributed by atoms with van der Waals surface area (Å²) in [6.07, 6.45) is 4.02. The Kier molecular flexibility index (Phi) is 4.75. The van der Waals surface area contributed by atoms with Crippen molar-refractivity contribution in [2.75, 3.05) is 13.7 Å². The minimum absolute atomic E-state index is 0.152. The fourth-order valence-electron chi connectivity index (χ4n) is 2.22. The summed E-state index contributed by atoms with van der Waals surface area (Å²) >= 11 is 0. The van der Waals surface area contributed by atoms with Gasteiger partial charge in [-0.05, 0) is 24.5 Å².